The number of rotatable bonds is 3. The number of benzene rings is 1. The van der Waals surface area contributed by atoms with Gasteiger partial charge in [0.15, 0.2) is 0 Å². The van der Waals surface area contributed by atoms with E-state index >= 15 is 0 Å². The van der Waals surface area contributed by atoms with Crippen molar-refractivity contribution in [3.05, 3.63) is 29.3 Å². The lowest BCUT2D eigenvalue weighted by Gasteiger charge is -2.32. The average molecular weight is 264 g/mol. The van der Waals surface area contributed by atoms with Crippen molar-refractivity contribution in [1.82, 2.24) is 0 Å². The number of carboxylic acids is 2. The zero-order valence-corrected chi connectivity index (χ0v) is 10.4. The van der Waals surface area contributed by atoms with E-state index < -0.39 is 11.9 Å². The van der Waals surface area contributed by atoms with E-state index in [2.05, 4.69) is 0 Å². The number of nitrogens with two attached hydrogens (primary N) is 1. The summed E-state index contributed by atoms with van der Waals surface area (Å²) in [5, 5.41) is 18.0. The molecule has 19 heavy (non-hydrogen) atoms. The first-order valence-corrected chi connectivity index (χ1v) is 6.09. The van der Waals surface area contributed by atoms with Gasteiger partial charge in [0, 0.05) is 24.8 Å². The zero-order valence-electron chi connectivity index (χ0n) is 10.4. The number of aromatic carboxylic acids is 2. The highest BCUT2D eigenvalue weighted by Gasteiger charge is 2.19. The minimum Gasteiger partial charge on any atom is -0.478 e. The van der Waals surface area contributed by atoms with E-state index in [9.17, 15) is 9.59 Å². The number of hydrogen-bond donors (Lipinski definition) is 3. The molecule has 4 N–H and O–H groups in total. The van der Waals surface area contributed by atoms with Gasteiger partial charge in [-0.3, -0.25) is 0 Å². The van der Waals surface area contributed by atoms with Crippen molar-refractivity contribution >= 4 is 17.6 Å². The minimum atomic E-state index is -1.13. The van der Waals surface area contributed by atoms with Crippen LogP contribution in [0.3, 0.4) is 0 Å². The maximum absolute atomic E-state index is 11.0. The van der Waals surface area contributed by atoms with Crippen LogP contribution in [-0.2, 0) is 0 Å². The zero-order chi connectivity index (χ0) is 14.0. The minimum absolute atomic E-state index is 0.00947. The van der Waals surface area contributed by atoms with Crippen molar-refractivity contribution in [3.8, 4) is 0 Å². The Morgan fingerprint density at radius 2 is 1.53 bits per heavy atom. The summed E-state index contributed by atoms with van der Waals surface area (Å²) in [6.45, 7) is 1.42. The molecule has 0 radical (unpaired) electrons. The van der Waals surface area contributed by atoms with Gasteiger partial charge in [0.25, 0.3) is 0 Å². The van der Waals surface area contributed by atoms with E-state index in [0.717, 1.165) is 12.8 Å². The number of hydrogen-bond acceptors (Lipinski definition) is 4. The Hall–Kier alpha value is -2.08. The summed E-state index contributed by atoms with van der Waals surface area (Å²) in [5.41, 5.74) is 6.43. The van der Waals surface area contributed by atoms with E-state index in [4.69, 9.17) is 15.9 Å². The van der Waals surface area contributed by atoms with Crippen molar-refractivity contribution in [3.63, 3.8) is 0 Å². The highest BCUT2D eigenvalue weighted by Crippen LogP contribution is 2.23. The monoisotopic (exact) mass is 264 g/mol. The fourth-order valence-corrected chi connectivity index (χ4v) is 2.20. The average Bonchev–Trinajstić information content (AvgIpc) is 2.39. The summed E-state index contributed by atoms with van der Waals surface area (Å²) in [6.07, 6.45) is 1.64. The molecule has 1 aromatic carbocycles. The molecular formula is C13H16N2O4. The van der Waals surface area contributed by atoms with Crippen LogP contribution in [0.25, 0.3) is 0 Å². The highest BCUT2D eigenvalue weighted by molar-refractivity contribution is 5.95. The van der Waals surface area contributed by atoms with Gasteiger partial charge in [-0.25, -0.2) is 9.59 Å². The first-order valence-electron chi connectivity index (χ1n) is 6.09. The molecule has 1 aromatic rings. The SMILES string of the molecule is NC1CCN(c2cc(C(=O)O)cc(C(=O)O)c2)CC1. The molecule has 6 nitrogen and oxygen atoms in total. The molecule has 0 aromatic heterocycles. The van der Waals surface area contributed by atoms with Gasteiger partial charge in [-0.2, -0.15) is 0 Å². The quantitative estimate of drug-likeness (QED) is 0.752. The van der Waals surface area contributed by atoms with E-state index in [0.29, 0.717) is 18.8 Å². The summed E-state index contributed by atoms with van der Waals surface area (Å²) in [5.74, 6) is -2.25. The molecule has 1 heterocycles. The van der Waals surface area contributed by atoms with Crippen LogP contribution in [0.1, 0.15) is 33.6 Å². The molecule has 0 atom stereocenters. The summed E-state index contributed by atoms with van der Waals surface area (Å²) in [7, 11) is 0. The summed E-state index contributed by atoms with van der Waals surface area (Å²) in [4.78, 5) is 24.0. The first kappa shape index (κ1) is 13.4. The fourth-order valence-electron chi connectivity index (χ4n) is 2.20. The Bertz CT molecular complexity index is 475. The predicted octanol–water partition coefficient (Wildman–Crippen LogP) is 1.01. The van der Waals surface area contributed by atoms with Crippen molar-refractivity contribution in [2.24, 2.45) is 5.73 Å². The van der Waals surface area contributed by atoms with Gasteiger partial charge >= 0.3 is 11.9 Å². The van der Waals surface area contributed by atoms with Gasteiger partial charge in [0.2, 0.25) is 0 Å². The van der Waals surface area contributed by atoms with Crippen molar-refractivity contribution in [2.45, 2.75) is 18.9 Å². The van der Waals surface area contributed by atoms with Crippen LogP contribution in [0.4, 0.5) is 5.69 Å². The fraction of sp³-hybridized carbons (Fsp3) is 0.385. The summed E-state index contributed by atoms with van der Waals surface area (Å²) < 4.78 is 0. The predicted molar refractivity (Wildman–Crippen MR) is 69.8 cm³/mol. The molecule has 1 fully saturated rings. The van der Waals surface area contributed by atoms with Gasteiger partial charge in [-0.05, 0) is 31.0 Å². The molecular weight excluding hydrogens is 248 g/mol. The normalized spacial score (nSPS) is 16.4. The molecule has 102 valence electrons. The topological polar surface area (TPSA) is 104 Å². The molecule has 6 heteroatoms. The van der Waals surface area contributed by atoms with Gasteiger partial charge in [-0.1, -0.05) is 0 Å². The number of carboxylic acid groups (broad SMARTS) is 2. The van der Waals surface area contributed by atoms with E-state index in [-0.39, 0.29) is 17.2 Å². The maximum Gasteiger partial charge on any atom is 0.335 e. The lowest BCUT2D eigenvalue weighted by molar-refractivity contribution is 0.0696. The number of carbonyl (C=O) groups is 2. The molecule has 1 aliphatic heterocycles. The molecule has 0 unspecified atom stereocenters. The lowest BCUT2D eigenvalue weighted by atomic mass is 10.0. The van der Waals surface area contributed by atoms with Gasteiger partial charge < -0.3 is 20.8 Å². The largest absolute Gasteiger partial charge is 0.478 e. The third-order valence-corrected chi connectivity index (χ3v) is 3.32. The molecule has 0 spiro atoms. The molecule has 1 saturated heterocycles. The lowest BCUT2D eigenvalue weighted by Crippen LogP contribution is -2.39. The number of nitrogens with zero attached hydrogens (tertiary/aromatic N) is 1. The van der Waals surface area contributed by atoms with E-state index in [1.54, 1.807) is 0 Å². The molecule has 2 rings (SSSR count). The van der Waals surface area contributed by atoms with Gasteiger partial charge in [0.1, 0.15) is 0 Å². The Balaban J connectivity index is 2.33. The third kappa shape index (κ3) is 3.03. The van der Waals surface area contributed by atoms with Crippen LogP contribution >= 0.6 is 0 Å². The molecule has 1 aliphatic rings. The molecule has 0 saturated carbocycles. The second-order valence-corrected chi connectivity index (χ2v) is 4.70. The number of anilines is 1. The summed E-state index contributed by atoms with van der Waals surface area (Å²) >= 11 is 0. The Morgan fingerprint density at radius 3 is 1.95 bits per heavy atom. The smallest absolute Gasteiger partial charge is 0.335 e. The van der Waals surface area contributed by atoms with Crippen LogP contribution in [0.2, 0.25) is 0 Å². The van der Waals surface area contributed by atoms with Crippen LogP contribution in [-0.4, -0.2) is 41.3 Å². The Labute approximate surface area is 110 Å². The second-order valence-electron chi connectivity index (χ2n) is 4.70. The van der Waals surface area contributed by atoms with Crippen molar-refractivity contribution in [1.29, 1.82) is 0 Å². The Morgan fingerprint density at radius 1 is 1.05 bits per heavy atom. The second kappa shape index (κ2) is 5.27. The Kier molecular flexibility index (Phi) is 3.71. The maximum atomic E-state index is 11.0. The van der Waals surface area contributed by atoms with E-state index in [1.807, 2.05) is 4.90 Å². The van der Waals surface area contributed by atoms with Crippen LogP contribution in [0.15, 0.2) is 18.2 Å². The third-order valence-electron chi connectivity index (χ3n) is 3.32. The van der Waals surface area contributed by atoms with Crippen LogP contribution in [0, 0.1) is 0 Å². The molecule has 0 aliphatic carbocycles. The van der Waals surface area contributed by atoms with Crippen LogP contribution < -0.4 is 10.6 Å². The van der Waals surface area contributed by atoms with Gasteiger partial charge in [0.05, 0.1) is 11.1 Å². The standard InChI is InChI=1S/C13H16N2O4/c14-10-1-3-15(4-2-10)11-6-8(12(16)17)5-9(7-11)13(18)19/h5-7,10H,1-4,14H2,(H,16,17)(H,18,19). The summed E-state index contributed by atoms with van der Waals surface area (Å²) in [6, 6.07) is 4.35. The van der Waals surface area contributed by atoms with Gasteiger partial charge in [-0.15, -0.1) is 0 Å². The van der Waals surface area contributed by atoms with Crippen LogP contribution in [0.5, 0.6) is 0 Å². The molecule has 0 bridgehead atoms. The molecule has 0 amide bonds. The highest BCUT2D eigenvalue weighted by atomic mass is 16.4. The first-order chi connectivity index (χ1) is 8.97. The number of piperidine rings is 1. The van der Waals surface area contributed by atoms with Crippen molar-refractivity contribution in [2.75, 3.05) is 18.0 Å². The van der Waals surface area contributed by atoms with E-state index in [1.165, 1.54) is 18.2 Å². The van der Waals surface area contributed by atoms with Crippen molar-refractivity contribution < 1.29 is 19.8 Å².